The van der Waals surface area contributed by atoms with E-state index >= 15 is 0 Å². The molecule has 2 aromatic rings. The van der Waals surface area contributed by atoms with E-state index in [2.05, 4.69) is 10.3 Å². The van der Waals surface area contributed by atoms with Crippen LogP contribution in [0, 0.1) is 0 Å². The number of aliphatic hydroxyl groups is 1. The van der Waals surface area contributed by atoms with Gasteiger partial charge in [0.15, 0.2) is 0 Å². The van der Waals surface area contributed by atoms with E-state index in [-0.39, 0.29) is 19.1 Å². The van der Waals surface area contributed by atoms with Crippen LogP contribution in [0.15, 0.2) is 22.2 Å². The molecule has 0 fully saturated rings. The van der Waals surface area contributed by atoms with Gasteiger partial charge < -0.3 is 15.2 Å². The Bertz CT molecular complexity index is 525. The SMILES string of the molecule is COCC(CO)NC(=O)c1csc(-c2ccsc2)n1. The monoisotopic (exact) mass is 298 g/mol. The maximum Gasteiger partial charge on any atom is 0.271 e. The van der Waals surface area contributed by atoms with Crippen LogP contribution in [0.5, 0.6) is 0 Å². The lowest BCUT2D eigenvalue weighted by Gasteiger charge is -2.13. The fraction of sp³-hybridized carbons (Fsp3) is 0.333. The van der Waals surface area contributed by atoms with Gasteiger partial charge >= 0.3 is 0 Å². The van der Waals surface area contributed by atoms with E-state index in [1.54, 1.807) is 16.7 Å². The normalized spacial score (nSPS) is 12.3. The van der Waals surface area contributed by atoms with E-state index in [9.17, 15) is 4.79 Å². The molecule has 0 aliphatic heterocycles. The van der Waals surface area contributed by atoms with E-state index in [0.29, 0.717) is 5.69 Å². The molecule has 2 rings (SSSR count). The molecule has 1 amide bonds. The highest BCUT2D eigenvalue weighted by Gasteiger charge is 2.16. The smallest absolute Gasteiger partial charge is 0.271 e. The number of thiophene rings is 1. The zero-order valence-corrected chi connectivity index (χ0v) is 12.0. The van der Waals surface area contributed by atoms with Crippen molar-refractivity contribution in [2.45, 2.75) is 6.04 Å². The van der Waals surface area contributed by atoms with Crippen molar-refractivity contribution in [3.8, 4) is 10.6 Å². The summed E-state index contributed by atoms with van der Waals surface area (Å²) >= 11 is 3.01. The van der Waals surface area contributed by atoms with Gasteiger partial charge in [-0.3, -0.25) is 4.79 Å². The van der Waals surface area contributed by atoms with E-state index in [4.69, 9.17) is 9.84 Å². The van der Waals surface area contributed by atoms with Crippen LogP contribution in [0.3, 0.4) is 0 Å². The van der Waals surface area contributed by atoms with Crippen molar-refractivity contribution >= 4 is 28.6 Å². The van der Waals surface area contributed by atoms with E-state index in [1.165, 1.54) is 18.4 Å². The molecule has 19 heavy (non-hydrogen) atoms. The molecule has 0 saturated carbocycles. The third-order valence-electron chi connectivity index (χ3n) is 2.43. The van der Waals surface area contributed by atoms with Gasteiger partial charge in [0, 0.05) is 23.4 Å². The van der Waals surface area contributed by atoms with Crippen molar-refractivity contribution < 1.29 is 14.6 Å². The minimum absolute atomic E-state index is 0.166. The Balaban J connectivity index is 2.04. The number of ether oxygens (including phenoxy) is 1. The molecule has 0 saturated heterocycles. The highest BCUT2D eigenvalue weighted by Crippen LogP contribution is 2.25. The summed E-state index contributed by atoms with van der Waals surface area (Å²) in [6.07, 6.45) is 0. The first-order valence-electron chi connectivity index (χ1n) is 5.63. The van der Waals surface area contributed by atoms with Crippen molar-refractivity contribution in [1.29, 1.82) is 0 Å². The Morgan fingerprint density at radius 3 is 3.05 bits per heavy atom. The molecule has 0 aliphatic rings. The number of hydrogen-bond donors (Lipinski definition) is 2. The number of methoxy groups -OCH3 is 1. The molecule has 7 heteroatoms. The zero-order chi connectivity index (χ0) is 13.7. The summed E-state index contributed by atoms with van der Waals surface area (Å²) < 4.78 is 4.90. The van der Waals surface area contributed by atoms with E-state index in [1.807, 2.05) is 16.8 Å². The van der Waals surface area contributed by atoms with Gasteiger partial charge in [0.2, 0.25) is 0 Å². The van der Waals surface area contributed by atoms with Crippen molar-refractivity contribution in [2.75, 3.05) is 20.3 Å². The Kier molecular flexibility index (Phi) is 5.03. The van der Waals surface area contributed by atoms with Gasteiger partial charge in [-0.05, 0) is 11.4 Å². The molecule has 2 aromatic heterocycles. The Hall–Kier alpha value is -1.28. The molecule has 5 nitrogen and oxygen atoms in total. The number of thiazole rings is 1. The van der Waals surface area contributed by atoms with Crippen LogP contribution in [0.2, 0.25) is 0 Å². The average molecular weight is 298 g/mol. The number of hydrogen-bond acceptors (Lipinski definition) is 6. The molecule has 2 N–H and O–H groups in total. The molecule has 0 bridgehead atoms. The van der Waals surface area contributed by atoms with Gasteiger partial charge in [0.25, 0.3) is 5.91 Å². The van der Waals surface area contributed by atoms with Gasteiger partial charge in [0.1, 0.15) is 10.7 Å². The molecule has 1 unspecified atom stereocenters. The first-order valence-corrected chi connectivity index (χ1v) is 7.45. The number of carbonyl (C=O) groups is 1. The zero-order valence-electron chi connectivity index (χ0n) is 10.3. The summed E-state index contributed by atoms with van der Waals surface area (Å²) in [4.78, 5) is 16.2. The van der Waals surface area contributed by atoms with Crippen LogP contribution in [0.1, 0.15) is 10.5 Å². The van der Waals surface area contributed by atoms with Crippen LogP contribution in [0.4, 0.5) is 0 Å². The lowest BCUT2D eigenvalue weighted by Crippen LogP contribution is -2.40. The molecule has 0 aromatic carbocycles. The second kappa shape index (κ2) is 6.76. The molecule has 102 valence electrons. The molecule has 0 spiro atoms. The maximum absolute atomic E-state index is 11.9. The minimum Gasteiger partial charge on any atom is -0.394 e. The maximum atomic E-state index is 11.9. The van der Waals surface area contributed by atoms with Crippen LogP contribution < -0.4 is 5.32 Å². The largest absolute Gasteiger partial charge is 0.394 e. The van der Waals surface area contributed by atoms with Crippen LogP contribution >= 0.6 is 22.7 Å². The highest BCUT2D eigenvalue weighted by atomic mass is 32.1. The van der Waals surface area contributed by atoms with Gasteiger partial charge in [-0.1, -0.05) is 0 Å². The first-order chi connectivity index (χ1) is 9.24. The van der Waals surface area contributed by atoms with Gasteiger partial charge in [-0.15, -0.1) is 11.3 Å². The average Bonchev–Trinajstić information content (AvgIpc) is 3.08. The minimum atomic E-state index is -0.413. The lowest BCUT2D eigenvalue weighted by atomic mass is 10.3. The van der Waals surface area contributed by atoms with Crippen molar-refractivity contribution in [3.05, 3.63) is 27.9 Å². The molecular weight excluding hydrogens is 284 g/mol. The lowest BCUT2D eigenvalue weighted by molar-refractivity contribution is 0.0836. The number of nitrogens with one attached hydrogen (secondary N) is 1. The fourth-order valence-electron chi connectivity index (χ4n) is 1.50. The van der Waals surface area contributed by atoms with Crippen LogP contribution in [-0.4, -0.2) is 42.4 Å². The van der Waals surface area contributed by atoms with E-state index in [0.717, 1.165) is 10.6 Å². The predicted octanol–water partition coefficient (Wildman–Crippen LogP) is 1.61. The van der Waals surface area contributed by atoms with E-state index < -0.39 is 6.04 Å². The van der Waals surface area contributed by atoms with Crippen LogP contribution in [-0.2, 0) is 4.74 Å². The summed E-state index contributed by atoms with van der Waals surface area (Å²) in [5.41, 5.74) is 1.38. The highest BCUT2D eigenvalue weighted by molar-refractivity contribution is 7.14. The Labute approximate surface area is 118 Å². The standard InChI is InChI=1S/C12H14N2O3S2/c1-17-5-9(4-15)13-11(16)10-7-19-12(14-10)8-2-3-18-6-8/h2-3,6-7,9,15H,4-5H2,1H3,(H,13,16). The second-order valence-electron chi connectivity index (χ2n) is 3.86. The number of aromatic nitrogens is 1. The topological polar surface area (TPSA) is 71.5 Å². The quantitative estimate of drug-likeness (QED) is 0.850. The molecular formula is C12H14N2O3S2. The fourth-order valence-corrected chi connectivity index (χ4v) is 3.01. The summed E-state index contributed by atoms with van der Waals surface area (Å²) in [6, 6.07) is 1.55. The van der Waals surface area contributed by atoms with Gasteiger partial charge in [-0.2, -0.15) is 11.3 Å². The Morgan fingerprint density at radius 1 is 1.58 bits per heavy atom. The van der Waals surface area contributed by atoms with Crippen molar-refractivity contribution in [2.24, 2.45) is 0 Å². The molecule has 2 heterocycles. The summed E-state index contributed by atoms with van der Waals surface area (Å²) in [5.74, 6) is -0.297. The third-order valence-corrected chi connectivity index (χ3v) is 4.00. The number of nitrogens with zero attached hydrogens (tertiary/aromatic N) is 1. The summed E-state index contributed by atoms with van der Waals surface area (Å²) in [7, 11) is 1.52. The third kappa shape index (κ3) is 3.60. The van der Waals surface area contributed by atoms with Gasteiger partial charge in [-0.25, -0.2) is 4.98 Å². The molecule has 0 aliphatic carbocycles. The van der Waals surface area contributed by atoms with Crippen molar-refractivity contribution in [1.82, 2.24) is 10.3 Å². The number of aliphatic hydroxyl groups excluding tert-OH is 1. The summed E-state index contributed by atoms with van der Waals surface area (Å²) in [5, 5.41) is 18.3. The first kappa shape index (κ1) is 14.1. The summed E-state index contributed by atoms with van der Waals surface area (Å²) in [6.45, 7) is 0.102. The number of amides is 1. The van der Waals surface area contributed by atoms with Crippen LogP contribution in [0.25, 0.3) is 10.6 Å². The van der Waals surface area contributed by atoms with Gasteiger partial charge in [0.05, 0.1) is 19.3 Å². The predicted molar refractivity (Wildman–Crippen MR) is 75.6 cm³/mol. The number of carbonyl (C=O) groups excluding carboxylic acids is 1. The molecule has 0 radical (unpaired) electrons. The molecule has 1 atom stereocenters. The Morgan fingerprint density at radius 2 is 2.42 bits per heavy atom. The number of rotatable bonds is 6. The second-order valence-corrected chi connectivity index (χ2v) is 5.50. The van der Waals surface area contributed by atoms with Crippen molar-refractivity contribution in [3.63, 3.8) is 0 Å².